The molecule has 0 rings (SSSR count). The molecule has 0 heterocycles. The average Bonchev–Trinajstić information content (AvgIpc) is 2.00. The van der Waals surface area contributed by atoms with Crippen molar-refractivity contribution in [2.24, 2.45) is 5.92 Å². The van der Waals surface area contributed by atoms with Gasteiger partial charge in [0.15, 0.2) is 0 Å². The minimum absolute atomic E-state index is 0.175. The molecule has 0 fully saturated rings. The summed E-state index contributed by atoms with van der Waals surface area (Å²) >= 11 is 0. The van der Waals surface area contributed by atoms with Crippen LogP contribution in [-0.2, 0) is 4.79 Å². The number of aliphatic hydroxyl groups is 1. The zero-order valence-corrected chi connectivity index (χ0v) is 8.37. The monoisotopic (exact) mass is 173 g/mol. The quantitative estimate of drug-likeness (QED) is 0.685. The molecular weight excluding hydrogens is 154 g/mol. The van der Waals surface area contributed by atoms with E-state index in [1.807, 2.05) is 13.8 Å². The zero-order chi connectivity index (χ0) is 9.72. The van der Waals surface area contributed by atoms with Crippen LogP contribution in [0.25, 0.3) is 0 Å². The van der Waals surface area contributed by atoms with Gasteiger partial charge in [0.1, 0.15) is 6.10 Å². The summed E-state index contributed by atoms with van der Waals surface area (Å²) in [5.41, 5.74) is 0. The van der Waals surface area contributed by atoms with Gasteiger partial charge in [-0.05, 0) is 12.3 Å². The van der Waals surface area contributed by atoms with E-state index in [2.05, 4.69) is 0 Å². The van der Waals surface area contributed by atoms with Crippen LogP contribution in [-0.4, -0.2) is 35.6 Å². The normalized spacial score (nSPS) is 13.2. The number of carbonyl (C=O) groups is 1. The van der Waals surface area contributed by atoms with E-state index in [-0.39, 0.29) is 5.91 Å². The summed E-state index contributed by atoms with van der Waals surface area (Å²) in [5, 5.41) is 9.22. The van der Waals surface area contributed by atoms with Gasteiger partial charge in [0.25, 0.3) is 5.91 Å². The Hall–Kier alpha value is -0.570. The fraction of sp³-hybridized carbons (Fsp3) is 0.889. The number of amides is 1. The van der Waals surface area contributed by atoms with E-state index < -0.39 is 6.10 Å². The van der Waals surface area contributed by atoms with Gasteiger partial charge in [-0.2, -0.15) is 0 Å². The summed E-state index contributed by atoms with van der Waals surface area (Å²) in [6, 6.07) is 0. The minimum Gasteiger partial charge on any atom is -0.383 e. The van der Waals surface area contributed by atoms with Crippen LogP contribution in [0.5, 0.6) is 0 Å². The summed E-state index contributed by atoms with van der Waals surface area (Å²) in [6.45, 7) is 6.59. The molecule has 72 valence electrons. The van der Waals surface area contributed by atoms with Gasteiger partial charge in [-0.1, -0.05) is 20.8 Å². The van der Waals surface area contributed by atoms with E-state index in [0.717, 1.165) is 0 Å². The molecule has 0 aromatic heterocycles. The Morgan fingerprint density at radius 3 is 2.33 bits per heavy atom. The summed E-state index contributed by atoms with van der Waals surface area (Å²) < 4.78 is 0. The molecule has 0 bridgehead atoms. The molecule has 0 saturated heterocycles. The smallest absolute Gasteiger partial charge is 0.251 e. The molecule has 0 aromatic rings. The van der Waals surface area contributed by atoms with Crippen molar-refractivity contribution in [3.63, 3.8) is 0 Å². The number of hydrogen-bond donors (Lipinski definition) is 1. The predicted octanol–water partition coefficient (Wildman–Crippen LogP) is 0.872. The Balaban J connectivity index is 3.92. The molecule has 0 saturated carbocycles. The third-order valence-corrected chi connectivity index (χ3v) is 1.69. The predicted molar refractivity (Wildman–Crippen MR) is 48.8 cm³/mol. The van der Waals surface area contributed by atoms with E-state index in [9.17, 15) is 9.90 Å². The SMILES string of the molecule is CC[C@H](O)C(=O)N(C)CC(C)C. The summed E-state index contributed by atoms with van der Waals surface area (Å²) in [5.74, 6) is 0.272. The second-order valence-electron chi connectivity index (χ2n) is 3.54. The standard InChI is InChI=1S/C9H19NO2/c1-5-8(11)9(12)10(4)6-7(2)3/h7-8,11H,5-6H2,1-4H3/t8-/m0/s1. The lowest BCUT2D eigenvalue weighted by Gasteiger charge is -2.21. The first-order chi connectivity index (χ1) is 5.49. The molecule has 0 aliphatic heterocycles. The van der Waals surface area contributed by atoms with E-state index in [1.54, 1.807) is 18.9 Å². The maximum absolute atomic E-state index is 11.3. The van der Waals surface area contributed by atoms with Crippen LogP contribution in [0.15, 0.2) is 0 Å². The van der Waals surface area contributed by atoms with Crippen molar-refractivity contribution < 1.29 is 9.90 Å². The summed E-state index contributed by atoms with van der Waals surface area (Å²) in [7, 11) is 1.72. The van der Waals surface area contributed by atoms with E-state index >= 15 is 0 Å². The number of carbonyl (C=O) groups excluding carboxylic acids is 1. The zero-order valence-electron chi connectivity index (χ0n) is 8.37. The summed E-state index contributed by atoms with van der Waals surface area (Å²) in [4.78, 5) is 12.9. The third-order valence-electron chi connectivity index (χ3n) is 1.69. The first-order valence-electron chi connectivity index (χ1n) is 4.42. The van der Waals surface area contributed by atoms with Crippen molar-refractivity contribution >= 4 is 5.91 Å². The largest absolute Gasteiger partial charge is 0.383 e. The Morgan fingerprint density at radius 2 is 2.00 bits per heavy atom. The molecule has 0 aliphatic rings. The third kappa shape index (κ3) is 3.72. The molecule has 12 heavy (non-hydrogen) atoms. The van der Waals surface area contributed by atoms with Gasteiger partial charge in [-0.15, -0.1) is 0 Å². The topological polar surface area (TPSA) is 40.5 Å². The number of aliphatic hydroxyl groups excluding tert-OH is 1. The Kier molecular flexibility index (Phi) is 4.90. The Bertz CT molecular complexity index is 145. The number of likely N-dealkylation sites (N-methyl/N-ethyl adjacent to an activating group) is 1. The van der Waals surface area contributed by atoms with Crippen molar-refractivity contribution in [1.29, 1.82) is 0 Å². The molecule has 1 amide bonds. The first-order valence-corrected chi connectivity index (χ1v) is 4.42. The highest BCUT2D eigenvalue weighted by Crippen LogP contribution is 2.00. The van der Waals surface area contributed by atoms with Crippen LogP contribution in [0, 0.1) is 5.92 Å². The van der Waals surface area contributed by atoms with Crippen LogP contribution in [0.1, 0.15) is 27.2 Å². The van der Waals surface area contributed by atoms with E-state index in [4.69, 9.17) is 0 Å². The highest BCUT2D eigenvalue weighted by Gasteiger charge is 2.17. The van der Waals surface area contributed by atoms with Gasteiger partial charge in [0.2, 0.25) is 0 Å². The Morgan fingerprint density at radius 1 is 1.50 bits per heavy atom. The molecule has 0 radical (unpaired) electrons. The van der Waals surface area contributed by atoms with E-state index in [1.165, 1.54) is 0 Å². The maximum atomic E-state index is 11.3. The van der Waals surface area contributed by atoms with Crippen molar-refractivity contribution in [3.05, 3.63) is 0 Å². The molecular formula is C9H19NO2. The second-order valence-corrected chi connectivity index (χ2v) is 3.54. The van der Waals surface area contributed by atoms with Gasteiger partial charge in [0.05, 0.1) is 0 Å². The fourth-order valence-corrected chi connectivity index (χ4v) is 1.07. The lowest BCUT2D eigenvalue weighted by atomic mass is 10.2. The van der Waals surface area contributed by atoms with Gasteiger partial charge in [0, 0.05) is 13.6 Å². The summed E-state index contributed by atoms with van der Waals surface area (Å²) in [6.07, 6.45) is -0.338. The van der Waals surface area contributed by atoms with Crippen LogP contribution in [0.3, 0.4) is 0 Å². The molecule has 0 aliphatic carbocycles. The van der Waals surface area contributed by atoms with Gasteiger partial charge in [-0.3, -0.25) is 4.79 Å². The molecule has 3 heteroatoms. The van der Waals surface area contributed by atoms with Crippen molar-refractivity contribution in [3.8, 4) is 0 Å². The highest BCUT2D eigenvalue weighted by atomic mass is 16.3. The molecule has 3 nitrogen and oxygen atoms in total. The molecule has 1 atom stereocenters. The number of hydrogen-bond acceptors (Lipinski definition) is 2. The molecule has 0 spiro atoms. The first kappa shape index (κ1) is 11.4. The van der Waals surface area contributed by atoms with Crippen molar-refractivity contribution in [1.82, 2.24) is 4.90 Å². The maximum Gasteiger partial charge on any atom is 0.251 e. The Labute approximate surface area is 74.4 Å². The van der Waals surface area contributed by atoms with Crippen LogP contribution < -0.4 is 0 Å². The van der Waals surface area contributed by atoms with Crippen molar-refractivity contribution in [2.45, 2.75) is 33.3 Å². The molecule has 0 aromatic carbocycles. The van der Waals surface area contributed by atoms with Crippen LogP contribution in [0.2, 0.25) is 0 Å². The number of rotatable bonds is 4. The second kappa shape index (κ2) is 5.14. The van der Waals surface area contributed by atoms with Crippen LogP contribution in [0.4, 0.5) is 0 Å². The lowest BCUT2D eigenvalue weighted by molar-refractivity contribution is -0.139. The van der Waals surface area contributed by atoms with Crippen LogP contribution >= 0.6 is 0 Å². The molecule has 0 unspecified atom stereocenters. The highest BCUT2D eigenvalue weighted by molar-refractivity contribution is 5.80. The minimum atomic E-state index is -0.825. The van der Waals surface area contributed by atoms with Gasteiger partial charge < -0.3 is 10.0 Å². The lowest BCUT2D eigenvalue weighted by Crippen LogP contribution is -2.38. The fourth-order valence-electron chi connectivity index (χ4n) is 1.07. The van der Waals surface area contributed by atoms with Gasteiger partial charge >= 0.3 is 0 Å². The van der Waals surface area contributed by atoms with E-state index in [0.29, 0.717) is 18.9 Å². The number of nitrogens with zero attached hydrogens (tertiary/aromatic N) is 1. The average molecular weight is 173 g/mol. The molecule has 1 N–H and O–H groups in total. The van der Waals surface area contributed by atoms with Gasteiger partial charge in [-0.25, -0.2) is 0 Å². The van der Waals surface area contributed by atoms with Crippen molar-refractivity contribution in [2.75, 3.05) is 13.6 Å².